The molecule has 1 aromatic carbocycles. The van der Waals surface area contributed by atoms with Crippen molar-refractivity contribution in [2.75, 3.05) is 19.6 Å². The van der Waals surface area contributed by atoms with Gasteiger partial charge in [-0.05, 0) is 50.2 Å². The summed E-state index contributed by atoms with van der Waals surface area (Å²) in [6, 6.07) is 9.85. The summed E-state index contributed by atoms with van der Waals surface area (Å²) in [6.07, 6.45) is 10.6. The van der Waals surface area contributed by atoms with Gasteiger partial charge < -0.3 is 10.2 Å². The summed E-state index contributed by atoms with van der Waals surface area (Å²) in [5.74, 6) is 0.900. The molecule has 0 radical (unpaired) electrons. The average Bonchev–Trinajstić information content (AvgIpc) is 2.58. The van der Waals surface area contributed by atoms with Crippen LogP contribution in [0.2, 0.25) is 0 Å². The fraction of sp³-hybridized carbons (Fsp3) is 0.526. The molecule has 1 saturated heterocycles. The first-order valence-electron chi connectivity index (χ1n) is 8.54. The molecule has 22 heavy (non-hydrogen) atoms. The van der Waals surface area contributed by atoms with E-state index in [9.17, 15) is 4.79 Å². The minimum Gasteiger partial charge on any atom is -0.349 e. The third kappa shape index (κ3) is 4.20. The van der Waals surface area contributed by atoms with Crippen LogP contribution in [0.1, 0.15) is 42.5 Å². The lowest BCUT2D eigenvalue weighted by atomic mass is 9.93. The highest BCUT2D eigenvalue weighted by Gasteiger charge is 2.23. The van der Waals surface area contributed by atoms with Crippen molar-refractivity contribution in [1.82, 2.24) is 10.2 Å². The molecule has 1 aromatic rings. The molecule has 0 unspecified atom stereocenters. The number of nitrogens with zero attached hydrogens (tertiary/aromatic N) is 1. The first-order chi connectivity index (χ1) is 10.8. The molecule has 3 rings (SSSR count). The molecule has 118 valence electrons. The van der Waals surface area contributed by atoms with Gasteiger partial charge in [-0.3, -0.25) is 4.79 Å². The van der Waals surface area contributed by atoms with E-state index in [0.717, 1.165) is 37.4 Å². The topological polar surface area (TPSA) is 32.3 Å². The lowest BCUT2D eigenvalue weighted by molar-refractivity contribution is 0.0904. The zero-order valence-electron chi connectivity index (χ0n) is 13.2. The van der Waals surface area contributed by atoms with Crippen LogP contribution in [0.15, 0.2) is 42.5 Å². The molecular weight excluding hydrogens is 272 g/mol. The van der Waals surface area contributed by atoms with Gasteiger partial charge in [0.25, 0.3) is 5.91 Å². The van der Waals surface area contributed by atoms with Gasteiger partial charge in [0.15, 0.2) is 0 Å². The normalized spacial score (nSPS) is 23.4. The van der Waals surface area contributed by atoms with Crippen molar-refractivity contribution in [2.24, 2.45) is 5.92 Å². The first-order valence-corrected chi connectivity index (χ1v) is 8.54. The predicted octanol–water partition coefficient (Wildman–Crippen LogP) is 3.24. The second-order valence-electron chi connectivity index (χ2n) is 6.56. The summed E-state index contributed by atoms with van der Waals surface area (Å²) in [4.78, 5) is 14.8. The third-order valence-electron chi connectivity index (χ3n) is 4.85. The van der Waals surface area contributed by atoms with Gasteiger partial charge in [0, 0.05) is 31.2 Å². The molecule has 0 spiro atoms. The van der Waals surface area contributed by atoms with Crippen molar-refractivity contribution in [3.05, 3.63) is 48.0 Å². The van der Waals surface area contributed by atoms with Crippen LogP contribution < -0.4 is 5.32 Å². The van der Waals surface area contributed by atoms with E-state index in [2.05, 4.69) is 22.4 Å². The van der Waals surface area contributed by atoms with Crippen LogP contribution in [-0.2, 0) is 0 Å². The van der Waals surface area contributed by atoms with E-state index in [1.54, 1.807) is 0 Å². The number of hydrogen-bond donors (Lipinski definition) is 1. The molecule has 0 aromatic heterocycles. The van der Waals surface area contributed by atoms with Crippen LogP contribution >= 0.6 is 0 Å². The van der Waals surface area contributed by atoms with Gasteiger partial charge in [0.1, 0.15) is 0 Å². The number of piperidine rings is 1. The van der Waals surface area contributed by atoms with Crippen molar-refractivity contribution in [1.29, 1.82) is 0 Å². The van der Waals surface area contributed by atoms with Crippen LogP contribution in [0.3, 0.4) is 0 Å². The maximum Gasteiger partial charge on any atom is 0.251 e. The van der Waals surface area contributed by atoms with Gasteiger partial charge in [0.2, 0.25) is 0 Å². The summed E-state index contributed by atoms with van der Waals surface area (Å²) in [7, 11) is 0. The minimum absolute atomic E-state index is 0.0662. The molecule has 1 N–H and O–H groups in total. The fourth-order valence-electron chi connectivity index (χ4n) is 3.51. The minimum atomic E-state index is 0.0662. The zero-order chi connectivity index (χ0) is 15.2. The number of benzene rings is 1. The van der Waals surface area contributed by atoms with Gasteiger partial charge in [-0.15, -0.1) is 0 Å². The van der Waals surface area contributed by atoms with E-state index in [4.69, 9.17) is 0 Å². The summed E-state index contributed by atoms with van der Waals surface area (Å²) in [5, 5.41) is 3.18. The summed E-state index contributed by atoms with van der Waals surface area (Å²) >= 11 is 0. The van der Waals surface area contributed by atoms with E-state index in [0.29, 0.717) is 6.04 Å². The van der Waals surface area contributed by atoms with Gasteiger partial charge in [-0.2, -0.15) is 0 Å². The molecule has 1 heterocycles. The second kappa shape index (κ2) is 7.59. The number of allylic oxidation sites excluding steroid dienone is 2. The highest BCUT2D eigenvalue weighted by atomic mass is 16.1. The van der Waals surface area contributed by atoms with E-state index in [1.807, 2.05) is 30.3 Å². The Morgan fingerprint density at radius 1 is 1.09 bits per heavy atom. The molecule has 3 nitrogen and oxygen atoms in total. The standard InChI is InChI=1S/C19H26N2O/c22-19(17-9-5-2-6-10-17)20-18-11-13-21(14-12-18)15-16-7-3-1-4-8-16/h1-3,5-6,9-10,16,18H,4,7-8,11-15H2,(H,20,22)/t16-/m0/s1. The maximum absolute atomic E-state index is 12.2. The molecule has 1 amide bonds. The lowest BCUT2D eigenvalue weighted by Crippen LogP contribution is -2.45. The van der Waals surface area contributed by atoms with E-state index >= 15 is 0 Å². The Labute approximate surface area is 133 Å². The Morgan fingerprint density at radius 3 is 2.55 bits per heavy atom. The molecular formula is C19H26N2O. The van der Waals surface area contributed by atoms with Crippen LogP contribution in [0.5, 0.6) is 0 Å². The van der Waals surface area contributed by atoms with E-state index in [1.165, 1.54) is 25.8 Å². The largest absolute Gasteiger partial charge is 0.349 e. The average molecular weight is 298 g/mol. The van der Waals surface area contributed by atoms with E-state index in [-0.39, 0.29) is 5.91 Å². The SMILES string of the molecule is O=C(NC1CCN(C[C@H]2CC=CCC2)CC1)c1ccccc1. The molecule has 1 aliphatic carbocycles. The number of nitrogens with one attached hydrogen (secondary N) is 1. The van der Waals surface area contributed by atoms with Gasteiger partial charge >= 0.3 is 0 Å². The summed E-state index contributed by atoms with van der Waals surface area (Å²) in [6.45, 7) is 3.45. The number of likely N-dealkylation sites (tertiary alicyclic amines) is 1. The Balaban J connectivity index is 1.42. The van der Waals surface area contributed by atoms with Gasteiger partial charge in [-0.1, -0.05) is 30.4 Å². The Morgan fingerprint density at radius 2 is 1.86 bits per heavy atom. The quantitative estimate of drug-likeness (QED) is 0.866. The van der Waals surface area contributed by atoms with Crippen LogP contribution in [0, 0.1) is 5.92 Å². The van der Waals surface area contributed by atoms with Crippen molar-refractivity contribution < 1.29 is 4.79 Å². The highest BCUT2D eigenvalue weighted by molar-refractivity contribution is 5.94. The molecule has 1 atom stereocenters. The van der Waals surface area contributed by atoms with Crippen LogP contribution in [0.25, 0.3) is 0 Å². The molecule has 3 heteroatoms. The highest BCUT2D eigenvalue weighted by Crippen LogP contribution is 2.21. The van der Waals surface area contributed by atoms with Crippen molar-refractivity contribution >= 4 is 5.91 Å². The van der Waals surface area contributed by atoms with E-state index < -0.39 is 0 Å². The third-order valence-corrected chi connectivity index (χ3v) is 4.85. The van der Waals surface area contributed by atoms with Gasteiger partial charge in [0.05, 0.1) is 0 Å². The number of carbonyl (C=O) groups excluding carboxylic acids is 1. The smallest absolute Gasteiger partial charge is 0.251 e. The van der Waals surface area contributed by atoms with Crippen molar-refractivity contribution in [3.63, 3.8) is 0 Å². The maximum atomic E-state index is 12.2. The molecule has 0 bridgehead atoms. The lowest BCUT2D eigenvalue weighted by Gasteiger charge is -2.35. The summed E-state index contributed by atoms with van der Waals surface area (Å²) in [5.41, 5.74) is 0.763. The van der Waals surface area contributed by atoms with Gasteiger partial charge in [-0.25, -0.2) is 0 Å². The molecule has 1 fully saturated rings. The van der Waals surface area contributed by atoms with Crippen LogP contribution in [0.4, 0.5) is 0 Å². The monoisotopic (exact) mass is 298 g/mol. The van der Waals surface area contributed by atoms with Crippen molar-refractivity contribution in [2.45, 2.75) is 38.1 Å². The second-order valence-corrected chi connectivity index (χ2v) is 6.56. The Hall–Kier alpha value is -1.61. The Bertz CT molecular complexity index is 503. The van der Waals surface area contributed by atoms with Crippen LogP contribution in [-0.4, -0.2) is 36.5 Å². The predicted molar refractivity (Wildman–Crippen MR) is 89.9 cm³/mol. The molecule has 1 aliphatic heterocycles. The van der Waals surface area contributed by atoms with Crippen molar-refractivity contribution in [3.8, 4) is 0 Å². The summed E-state index contributed by atoms with van der Waals surface area (Å²) < 4.78 is 0. The molecule has 0 saturated carbocycles. The number of hydrogen-bond acceptors (Lipinski definition) is 2. The first kappa shape index (κ1) is 15.3. The number of amides is 1. The number of rotatable bonds is 4. The number of carbonyl (C=O) groups is 1. The Kier molecular flexibility index (Phi) is 5.28. The molecule has 2 aliphatic rings. The fourth-order valence-corrected chi connectivity index (χ4v) is 3.51. The zero-order valence-corrected chi connectivity index (χ0v) is 13.2.